The van der Waals surface area contributed by atoms with Crippen molar-refractivity contribution < 1.29 is 29.6 Å². The highest BCUT2D eigenvalue weighted by molar-refractivity contribution is 8.00. The molecule has 3 saturated heterocycles. The molecule has 1 aromatic rings. The van der Waals surface area contributed by atoms with Gasteiger partial charge in [-0.1, -0.05) is 46.8 Å². The number of thioether (sulfide) groups is 2. The summed E-state index contributed by atoms with van der Waals surface area (Å²) in [5.41, 5.74) is 0.552. The molecule has 1 amide bonds. The van der Waals surface area contributed by atoms with Crippen molar-refractivity contribution in [3.05, 3.63) is 29.8 Å². The van der Waals surface area contributed by atoms with Crippen LogP contribution in [0.4, 0.5) is 0 Å². The molecule has 4 rings (SSSR count). The van der Waals surface area contributed by atoms with Crippen LogP contribution in [0.1, 0.15) is 59.4 Å². The van der Waals surface area contributed by atoms with Crippen molar-refractivity contribution in [2.75, 3.05) is 19.4 Å². The molecule has 0 spiro atoms. The van der Waals surface area contributed by atoms with Crippen LogP contribution in [0.2, 0.25) is 0 Å². The second-order valence-electron chi connectivity index (χ2n) is 13.3. The number of benzene rings is 1. The van der Waals surface area contributed by atoms with Gasteiger partial charge in [0.2, 0.25) is 5.91 Å². The van der Waals surface area contributed by atoms with Crippen molar-refractivity contribution in [3.8, 4) is 0 Å². The quantitative estimate of drug-likeness (QED) is 0.236. The largest absolute Gasteiger partial charge is 0.388 e. The lowest BCUT2D eigenvalue weighted by Crippen LogP contribution is -2.65. The summed E-state index contributed by atoms with van der Waals surface area (Å²) < 4.78 is 12.5. The number of ether oxygens (including phenoxy) is 2. The third-order valence-corrected chi connectivity index (χ3v) is 10.9. The Labute approximate surface area is 260 Å². The number of nitrogens with one attached hydrogen (secondary N) is 2. The number of fused-ring (bicyclic) bond motifs is 1. The van der Waals surface area contributed by atoms with E-state index < -0.39 is 41.9 Å². The van der Waals surface area contributed by atoms with Crippen LogP contribution >= 0.6 is 23.5 Å². The van der Waals surface area contributed by atoms with Crippen molar-refractivity contribution in [2.24, 2.45) is 23.7 Å². The van der Waals surface area contributed by atoms with Crippen LogP contribution in [0.25, 0.3) is 0 Å². The van der Waals surface area contributed by atoms with Gasteiger partial charge in [-0.05, 0) is 73.3 Å². The summed E-state index contributed by atoms with van der Waals surface area (Å²) in [5, 5.41) is 38.7. The molecule has 0 bridgehead atoms. The molecule has 238 valence electrons. The number of amides is 1. The summed E-state index contributed by atoms with van der Waals surface area (Å²) in [7, 11) is 0. The molecule has 5 N–H and O–H groups in total. The van der Waals surface area contributed by atoms with Crippen LogP contribution in [0.15, 0.2) is 29.2 Å². The third-order valence-electron chi connectivity index (χ3n) is 8.85. The van der Waals surface area contributed by atoms with Crippen LogP contribution < -0.4 is 10.6 Å². The molecule has 2 unspecified atom stereocenters. The lowest BCUT2D eigenvalue weighted by Gasteiger charge is -2.44. The van der Waals surface area contributed by atoms with E-state index in [1.165, 1.54) is 23.7 Å². The number of rotatable bonds is 11. The zero-order chi connectivity index (χ0) is 30.6. The van der Waals surface area contributed by atoms with Gasteiger partial charge in [-0.25, -0.2) is 0 Å². The molecule has 3 aliphatic rings. The zero-order valence-corrected chi connectivity index (χ0v) is 27.6. The van der Waals surface area contributed by atoms with Crippen LogP contribution in [0.3, 0.4) is 0 Å². The van der Waals surface area contributed by atoms with Crippen molar-refractivity contribution in [2.45, 2.75) is 118 Å². The molecule has 0 aliphatic carbocycles. The van der Waals surface area contributed by atoms with E-state index in [-0.39, 0.29) is 23.2 Å². The predicted octanol–water partition coefficient (Wildman–Crippen LogP) is 3.45. The summed E-state index contributed by atoms with van der Waals surface area (Å²) >= 11 is 2.87. The van der Waals surface area contributed by atoms with Gasteiger partial charge in [0.15, 0.2) is 0 Å². The smallest absolute Gasteiger partial charge is 0.240 e. The molecule has 11 atom stereocenters. The number of aliphatic hydroxyl groups excluding tert-OH is 3. The lowest BCUT2D eigenvalue weighted by molar-refractivity contribution is -0.205. The van der Waals surface area contributed by atoms with Crippen molar-refractivity contribution in [3.63, 3.8) is 0 Å². The minimum absolute atomic E-state index is 0.188. The molecule has 3 fully saturated rings. The number of aliphatic hydroxyl groups is 3. The predicted molar refractivity (Wildman–Crippen MR) is 170 cm³/mol. The fourth-order valence-electron chi connectivity index (χ4n) is 6.82. The van der Waals surface area contributed by atoms with E-state index >= 15 is 0 Å². The summed E-state index contributed by atoms with van der Waals surface area (Å²) in [6.45, 7) is 12.3. The van der Waals surface area contributed by atoms with Gasteiger partial charge in [0.1, 0.15) is 35.9 Å². The van der Waals surface area contributed by atoms with Gasteiger partial charge in [-0.3, -0.25) is 4.79 Å². The van der Waals surface area contributed by atoms with Gasteiger partial charge in [0.05, 0.1) is 12.1 Å². The van der Waals surface area contributed by atoms with E-state index in [0.717, 1.165) is 30.7 Å². The maximum Gasteiger partial charge on any atom is 0.240 e. The van der Waals surface area contributed by atoms with Gasteiger partial charge < -0.3 is 35.4 Å². The molecule has 3 heterocycles. The van der Waals surface area contributed by atoms with Crippen molar-refractivity contribution in [1.29, 1.82) is 0 Å². The van der Waals surface area contributed by atoms with Crippen LogP contribution in [-0.4, -0.2) is 93.9 Å². The fraction of sp³-hybridized carbons (Fsp3) is 0.781. The second kappa shape index (κ2) is 15.4. The highest BCUT2D eigenvalue weighted by Gasteiger charge is 2.50. The Morgan fingerprint density at radius 1 is 1.05 bits per heavy atom. The monoisotopic (exact) mass is 624 g/mol. The Bertz CT molecular complexity index is 996. The average molecular weight is 625 g/mol. The second-order valence-corrected chi connectivity index (χ2v) is 15.7. The third kappa shape index (κ3) is 8.44. The average Bonchev–Trinajstić information content (AvgIpc) is 3.22. The van der Waals surface area contributed by atoms with E-state index in [9.17, 15) is 20.1 Å². The molecule has 0 saturated carbocycles. The first-order valence-corrected chi connectivity index (χ1v) is 17.8. The molecular weight excluding hydrogens is 572 g/mol. The molecule has 3 aliphatic heterocycles. The topological polar surface area (TPSA) is 120 Å². The van der Waals surface area contributed by atoms with Gasteiger partial charge in [0.25, 0.3) is 0 Å². The standard InChI is InChI=1S/C32H52N2O6S2/c1-17(2)13-20-7-9-23(10-8-20)42-19(5)24(30-27(36)26(35)28(37)32(40-30)41-6)34-31(38)25-29-22(16-33-25)15-21(11-12-39-29)14-18(3)4/h7-10,17-19,21-22,24-30,32-33,35-37H,11-16H2,1-6H3,(H,34,38)/t19-,21-,22-,24+,25-,26+,27?,28+,29+,30+,32?/m0/s1. The normalized spacial score (nSPS) is 35.1. The highest BCUT2D eigenvalue weighted by atomic mass is 32.2. The Morgan fingerprint density at radius 2 is 1.76 bits per heavy atom. The minimum atomic E-state index is -1.38. The Hall–Kier alpha value is -0.850. The summed E-state index contributed by atoms with van der Waals surface area (Å²) in [6.07, 6.45) is 0.946. The van der Waals surface area contributed by atoms with Crippen molar-refractivity contribution >= 4 is 29.4 Å². The van der Waals surface area contributed by atoms with Crippen LogP contribution in [-0.2, 0) is 20.7 Å². The number of carbonyl (C=O) groups is 1. The number of carbonyl (C=O) groups excluding carboxylic acids is 1. The highest BCUT2D eigenvalue weighted by Crippen LogP contribution is 2.36. The summed E-state index contributed by atoms with van der Waals surface area (Å²) in [4.78, 5) is 15.0. The summed E-state index contributed by atoms with van der Waals surface area (Å²) in [6, 6.07) is 7.32. The number of hydrogen-bond acceptors (Lipinski definition) is 9. The van der Waals surface area contributed by atoms with E-state index in [1.54, 1.807) is 18.0 Å². The molecule has 8 nitrogen and oxygen atoms in total. The van der Waals surface area contributed by atoms with E-state index in [2.05, 4.69) is 62.6 Å². The maximum absolute atomic E-state index is 13.9. The summed E-state index contributed by atoms with van der Waals surface area (Å²) in [5.74, 6) is 1.89. The minimum Gasteiger partial charge on any atom is -0.388 e. The van der Waals surface area contributed by atoms with Crippen molar-refractivity contribution in [1.82, 2.24) is 10.6 Å². The van der Waals surface area contributed by atoms with Gasteiger partial charge in [0, 0.05) is 23.3 Å². The molecule has 0 radical (unpaired) electrons. The van der Waals surface area contributed by atoms with Gasteiger partial charge in [-0.2, -0.15) is 0 Å². The number of hydrogen-bond donors (Lipinski definition) is 5. The Morgan fingerprint density at radius 3 is 2.40 bits per heavy atom. The molecule has 1 aromatic carbocycles. The van der Waals surface area contributed by atoms with Gasteiger partial charge >= 0.3 is 0 Å². The first-order valence-electron chi connectivity index (χ1n) is 15.6. The Kier molecular flexibility index (Phi) is 12.5. The first-order chi connectivity index (χ1) is 20.0. The molecule has 10 heteroatoms. The van der Waals surface area contributed by atoms with Crippen LogP contribution in [0, 0.1) is 23.7 Å². The SMILES string of the molecule is CSC1O[C@H]([C@H](NC(=O)[C@H]2NC[C@@H]3C[C@H](CC(C)C)CCO[C@H]32)[C@H](C)Sc2ccc(CC(C)C)cc2)C(O)[C@@H](O)[C@H]1O. The van der Waals surface area contributed by atoms with E-state index in [1.807, 2.05) is 6.92 Å². The maximum atomic E-state index is 13.9. The molecule has 0 aromatic heterocycles. The molecule has 42 heavy (non-hydrogen) atoms. The molecular formula is C32H52N2O6S2. The lowest BCUT2D eigenvalue weighted by atomic mass is 9.85. The fourth-order valence-corrected chi connectivity index (χ4v) is 8.59. The van der Waals surface area contributed by atoms with Gasteiger partial charge in [-0.15, -0.1) is 23.5 Å². The zero-order valence-electron chi connectivity index (χ0n) is 25.9. The Balaban J connectivity index is 1.52. The first kappa shape index (κ1) is 34.0. The van der Waals surface area contributed by atoms with E-state index in [0.29, 0.717) is 24.4 Å². The van der Waals surface area contributed by atoms with Crippen LogP contribution in [0.5, 0.6) is 0 Å². The van der Waals surface area contributed by atoms with E-state index in [4.69, 9.17) is 9.47 Å².